The summed E-state index contributed by atoms with van der Waals surface area (Å²) in [5.74, 6) is -0.684. The van der Waals surface area contributed by atoms with Crippen LogP contribution in [0.25, 0.3) is 0 Å². The molecular formula is C18H25FN2O3. The van der Waals surface area contributed by atoms with E-state index in [0.717, 1.165) is 0 Å². The second-order valence-corrected chi connectivity index (χ2v) is 6.36. The standard InChI is InChI=1S/C18H25FN2O3/c1-13(7-8-15-5-3-4-6-16(15)19)17(23)20-9-11-21(12-10-20)18(24)14(2)22/h3-6,13-14,22H,7-12H2,1-2H3. The van der Waals surface area contributed by atoms with E-state index < -0.39 is 6.10 Å². The van der Waals surface area contributed by atoms with Gasteiger partial charge in [-0.3, -0.25) is 9.59 Å². The van der Waals surface area contributed by atoms with Gasteiger partial charge < -0.3 is 14.9 Å². The van der Waals surface area contributed by atoms with Gasteiger partial charge in [0.25, 0.3) is 5.91 Å². The van der Waals surface area contributed by atoms with Gasteiger partial charge in [-0.1, -0.05) is 25.1 Å². The molecule has 1 aliphatic rings. The van der Waals surface area contributed by atoms with Crippen molar-refractivity contribution in [3.63, 3.8) is 0 Å². The van der Waals surface area contributed by atoms with Gasteiger partial charge in [-0.15, -0.1) is 0 Å². The molecular weight excluding hydrogens is 311 g/mol. The quantitative estimate of drug-likeness (QED) is 0.885. The summed E-state index contributed by atoms with van der Waals surface area (Å²) >= 11 is 0. The SMILES string of the molecule is CC(O)C(=O)N1CCN(C(=O)C(C)CCc2ccccc2F)CC1. The van der Waals surface area contributed by atoms with Gasteiger partial charge in [-0.25, -0.2) is 4.39 Å². The minimum Gasteiger partial charge on any atom is -0.384 e. The Morgan fingerprint density at radius 2 is 1.62 bits per heavy atom. The molecule has 1 aromatic carbocycles. The highest BCUT2D eigenvalue weighted by Gasteiger charge is 2.28. The maximum absolute atomic E-state index is 13.6. The Kier molecular flexibility index (Phi) is 6.31. The average Bonchev–Trinajstić information content (AvgIpc) is 2.59. The number of nitrogens with zero attached hydrogens (tertiary/aromatic N) is 2. The molecule has 1 aromatic rings. The van der Waals surface area contributed by atoms with Crippen LogP contribution < -0.4 is 0 Å². The fraction of sp³-hybridized carbons (Fsp3) is 0.556. The highest BCUT2D eigenvalue weighted by atomic mass is 19.1. The summed E-state index contributed by atoms with van der Waals surface area (Å²) < 4.78 is 13.6. The second-order valence-electron chi connectivity index (χ2n) is 6.36. The number of hydrogen-bond donors (Lipinski definition) is 1. The number of carbonyl (C=O) groups excluding carboxylic acids is 2. The van der Waals surface area contributed by atoms with E-state index in [1.54, 1.807) is 28.0 Å². The summed E-state index contributed by atoms with van der Waals surface area (Å²) in [6.45, 7) is 5.13. The van der Waals surface area contributed by atoms with Gasteiger partial charge in [0.2, 0.25) is 5.91 Å². The zero-order chi connectivity index (χ0) is 17.7. The van der Waals surface area contributed by atoms with Crippen molar-refractivity contribution in [1.29, 1.82) is 0 Å². The molecule has 2 rings (SSSR count). The van der Waals surface area contributed by atoms with Crippen molar-refractivity contribution in [2.24, 2.45) is 5.92 Å². The van der Waals surface area contributed by atoms with Crippen molar-refractivity contribution in [1.82, 2.24) is 9.80 Å². The van der Waals surface area contributed by atoms with Crippen molar-refractivity contribution < 1.29 is 19.1 Å². The van der Waals surface area contributed by atoms with Crippen LogP contribution in [-0.2, 0) is 16.0 Å². The van der Waals surface area contributed by atoms with E-state index in [0.29, 0.717) is 44.6 Å². The molecule has 1 fully saturated rings. The van der Waals surface area contributed by atoms with Crippen LogP contribution in [0.3, 0.4) is 0 Å². The summed E-state index contributed by atoms with van der Waals surface area (Å²) in [5, 5.41) is 9.33. The maximum Gasteiger partial charge on any atom is 0.251 e. The van der Waals surface area contributed by atoms with Crippen molar-refractivity contribution >= 4 is 11.8 Å². The van der Waals surface area contributed by atoms with Gasteiger partial charge in [-0.2, -0.15) is 0 Å². The van der Waals surface area contributed by atoms with Crippen LogP contribution in [0, 0.1) is 11.7 Å². The molecule has 0 spiro atoms. The van der Waals surface area contributed by atoms with Gasteiger partial charge in [0, 0.05) is 32.1 Å². The Hall–Kier alpha value is -1.95. The molecule has 0 saturated carbocycles. The molecule has 0 aliphatic carbocycles. The molecule has 24 heavy (non-hydrogen) atoms. The minimum atomic E-state index is -1.01. The molecule has 1 heterocycles. The van der Waals surface area contributed by atoms with E-state index in [1.807, 2.05) is 6.92 Å². The second kappa shape index (κ2) is 8.24. The van der Waals surface area contributed by atoms with Gasteiger partial charge in [-0.05, 0) is 31.4 Å². The lowest BCUT2D eigenvalue weighted by Crippen LogP contribution is -2.53. The Labute approximate surface area is 142 Å². The average molecular weight is 336 g/mol. The number of halogens is 1. The smallest absolute Gasteiger partial charge is 0.251 e. The van der Waals surface area contributed by atoms with Crippen LogP contribution in [0.4, 0.5) is 4.39 Å². The zero-order valence-corrected chi connectivity index (χ0v) is 14.2. The zero-order valence-electron chi connectivity index (χ0n) is 14.2. The molecule has 2 amide bonds. The Morgan fingerprint density at radius 1 is 1.08 bits per heavy atom. The molecule has 2 unspecified atom stereocenters. The summed E-state index contributed by atoms with van der Waals surface area (Å²) in [6.07, 6.45) is 0.110. The fourth-order valence-electron chi connectivity index (χ4n) is 2.92. The van der Waals surface area contributed by atoms with Crippen molar-refractivity contribution in [2.75, 3.05) is 26.2 Å². The topological polar surface area (TPSA) is 60.9 Å². The van der Waals surface area contributed by atoms with Crippen molar-refractivity contribution in [3.8, 4) is 0 Å². The summed E-state index contributed by atoms with van der Waals surface area (Å²) in [4.78, 5) is 27.6. The lowest BCUT2D eigenvalue weighted by atomic mass is 9.99. The normalized spacial score (nSPS) is 17.5. The number of aryl methyl sites for hydroxylation is 1. The lowest BCUT2D eigenvalue weighted by molar-refractivity contribution is -0.146. The van der Waals surface area contributed by atoms with E-state index in [9.17, 15) is 19.1 Å². The Balaban J connectivity index is 1.82. The number of piperazine rings is 1. The monoisotopic (exact) mass is 336 g/mol. The number of aliphatic hydroxyl groups excluding tert-OH is 1. The first-order chi connectivity index (χ1) is 11.4. The molecule has 0 radical (unpaired) electrons. The third-order valence-corrected chi connectivity index (χ3v) is 4.49. The predicted molar refractivity (Wildman–Crippen MR) is 88.7 cm³/mol. The maximum atomic E-state index is 13.6. The van der Waals surface area contributed by atoms with Gasteiger partial charge in [0.05, 0.1) is 0 Å². The van der Waals surface area contributed by atoms with E-state index in [2.05, 4.69) is 0 Å². The summed E-state index contributed by atoms with van der Waals surface area (Å²) in [7, 11) is 0. The molecule has 5 nitrogen and oxygen atoms in total. The fourth-order valence-corrected chi connectivity index (χ4v) is 2.92. The third-order valence-electron chi connectivity index (χ3n) is 4.49. The lowest BCUT2D eigenvalue weighted by Gasteiger charge is -2.36. The number of rotatable bonds is 5. The first-order valence-electron chi connectivity index (χ1n) is 8.39. The van der Waals surface area contributed by atoms with Crippen LogP contribution in [0.2, 0.25) is 0 Å². The first kappa shape index (κ1) is 18.4. The highest BCUT2D eigenvalue weighted by molar-refractivity contribution is 5.81. The van der Waals surface area contributed by atoms with Crippen LogP contribution in [0.5, 0.6) is 0 Å². The number of benzene rings is 1. The third kappa shape index (κ3) is 4.54. The number of hydrogen-bond acceptors (Lipinski definition) is 3. The first-order valence-corrected chi connectivity index (χ1v) is 8.39. The molecule has 1 saturated heterocycles. The number of amides is 2. The predicted octanol–water partition coefficient (Wildman–Crippen LogP) is 1.45. The molecule has 2 atom stereocenters. The van der Waals surface area contributed by atoms with Crippen LogP contribution in [0.15, 0.2) is 24.3 Å². The molecule has 132 valence electrons. The molecule has 1 aliphatic heterocycles. The summed E-state index contributed by atoms with van der Waals surface area (Å²) in [5.41, 5.74) is 0.629. The Morgan fingerprint density at radius 3 is 2.17 bits per heavy atom. The van der Waals surface area contributed by atoms with Crippen molar-refractivity contribution in [3.05, 3.63) is 35.6 Å². The highest BCUT2D eigenvalue weighted by Crippen LogP contribution is 2.16. The Bertz CT molecular complexity index is 583. The van der Waals surface area contributed by atoms with E-state index in [1.165, 1.54) is 13.0 Å². The van der Waals surface area contributed by atoms with Crippen LogP contribution in [-0.4, -0.2) is 59.0 Å². The molecule has 0 aromatic heterocycles. The van der Waals surface area contributed by atoms with Crippen LogP contribution >= 0.6 is 0 Å². The largest absolute Gasteiger partial charge is 0.384 e. The van der Waals surface area contributed by atoms with Gasteiger partial charge in [0.15, 0.2) is 0 Å². The number of aliphatic hydroxyl groups is 1. The van der Waals surface area contributed by atoms with Gasteiger partial charge >= 0.3 is 0 Å². The van der Waals surface area contributed by atoms with E-state index in [4.69, 9.17) is 0 Å². The minimum absolute atomic E-state index is 0.0375. The van der Waals surface area contributed by atoms with Crippen molar-refractivity contribution in [2.45, 2.75) is 32.8 Å². The number of carbonyl (C=O) groups is 2. The molecule has 6 heteroatoms. The molecule has 0 bridgehead atoms. The van der Waals surface area contributed by atoms with E-state index in [-0.39, 0.29) is 23.5 Å². The van der Waals surface area contributed by atoms with Crippen LogP contribution in [0.1, 0.15) is 25.8 Å². The molecule has 1 N–H and O–H groups in total. The summed E-state index contributed by atoms with van der Waals surface area (Å²) in [6, 6.07) is 6.62. The van der Waals surface area contributed by atoms with E-state index >= 15 is 0 Å². The van der Waals surface area contributed by atoms with Gasteiger partial charge in [0.1, 0.15) is 11.9 Å².